The molecule has 10 heteroatoms. The van der Waals surface area contributed by atoms with Gasteiger partial charge in [-0.1, -0.05) is 30.3 Å². The van der Waals surface area contributed by atoms with Crippen LogP contribution in [0.4, 0.5) is 4.39 Å². The molecule has 0 bridgehead atoms. The first-order valence-electron chi connectivity index (χ1n) is 13.8. The van der Waals surface area contributed by atoms with Crippen LogP contribution in [-0.4, -0.2) is 37.6 Å². The van der Waals surface area contributed by atoms with Crippen LogP contribution in [0, 0.1) is 12.7 Å². The van der Waals surface area contributed by atoms with Crippen molar-refractivity contribution in [1.29, 1.82) is 0 Å². The third-order valence-corrected chi connectivity index (χ3v) is 9.15. The van der Waals surface area contributed by atoms with Crippen LogP contribution in [0.5, 0.6) is 0 Å². The van der Waals surface area contributed by atoms with Crippen LogP contribution in [0.2, 0.25) is 0 Å². The lowest BCUT2D eigenvalue weighted by Crippen LogP contribution is -2.46. The number of nitrogens with one attached hydrogen (secondary N) is 1. The normalized spacial score (nSPS) is 20.1. The highest BCUT2D eigenvalue weighted by atomic mass is 32.2. The van der Waals surface area contributed by atoms with Crippen molar-refractivity contribution in [3.05, 3.63) is 86.6 Å². The maximum absolute atomic E-state index is 14.2. The standard InChI is InChI=1S/C30H31FN4O4S/c1-18-24(16-26(39-18)19-5-3-2-4-6-19)28(36)33-21-7-9-22(10-8-21)35-29(37)25-15-20(31)17-32-27(25)34(30(35)38)23-11-13-40-14-12-23/h2-6,15-17,21-23H,7-14H2,1H3,(H,33,36). The maximum atomic E-state index is 14.2. The number of furan rings is 1. The SMILES string of the molecule is Cc1oc(-c2ccccc2)cc1C(=O)NC1CCC(n2c(=O)c3cc(F)cnc3n(C3CCSCC3)c2=O)CC1. The predicted octanol–water partition coefficient (Wildman–Crippen LogP) is 5.25. The van der Waals surface area contributed by atoms with Crippen molar-refractivity contribution in [2.75, 3.05) is 11.5 Å². The predicted molar refractivity (Wildman–Crippen MR) is 153 cm³/mol. The molecule has 6 rings (SSSR count). The number of hydrogen-bond donors (Lipinski definition) is 1. The molecule has 3 aromatic heterocycles. The Morgan fingerprint density at radius 1 is 1.00 bits per heavy atom. The summed E-state index contributed by atoms with van der Waals surface area (Å²) in [5.41, 5.74) is 0.788. The summed E-state index contributed by atoms with van der Waals surface area (Å²) in [7, 11) is 0. The summed E-state index contributed by atoms with van der Waals surface area (Å²) >= 11 is 1.84. The molecular weight excluding hydrogens is 531 g/mol. The Hall–Kier alpha value is -3.66. The summed E-state index contributed by atoms with van der Waals surface area (Å²) in [5, 5.41) is 3.25. The molecule has 1 aliphatic heterocycles. The van der Waals surface area contributed by atoms with Gasteiger partial charge in [-0.3, -0.25) is 18.7 Å². The Balaban J connectivity index is 1.22. The Labute approximate surface area is 234 Å². The minimum atomic E-state index is -0.600. The number of nitrogens with zero attached hydrogens (tertiary/aromatic N) is 3. The summed E-state index contributed by atoms with van der Waals surface area (Å²) in [5.74, 6) is 2.24. The number of rotatable bonds is 5. The van der Waals surface area contributed by atoms with Crippen LogP contribution in [0.1, 0.15) is 66.7 Å². The molecule has 0 spiro atoms. The molecule has 2 fully saturated rings. The molecule has 1 N–H and O–H groups in total. The molecule has 4 heterocycles. The number of aromatic nitrogens is 3. The summed E-state index contributed by atoms with van der Waals surface area (Å²) in [6.45, 7) is 1.78. The summed E-state index contributed by atoms with van der Waals surface area (Å²) in [6.07, 6.45) is 5.00. The highest BCUT2D eigenvalue weighted by molar-refractivity contribution is 7.99. The zero-order valence-corrected chi connectivity index (χ0v) is 23.1. The number of hydrogen-bond acceptors (Lipinski definition) is 6. The molecule has 1 aromatic carbocycles. The van der Waals surface area contributed by atoms with E-state index in [0.29, 0.717) is 42.8 Å². The molecule has 4 aromatic rings. The number of amides is 1. The van der Waals surface area contributed by atoms with Crippen LogP contribution in [0.15, 0.2) is 62.7 Å². The smallest absolute Gasteiger partial charge is 0.333 e. The molecule has 0 atom stereocenters. The molecule has 1 saturated carbocycles. The number of thioether (sulfide) groups is 1. The second kappa shape index (κ2) is 11.1. The van der Waals surface area contributed by atoms with Gasteiger partial charge in [0.15, 0.2) is 0 Å². The number of carbonyl (C=O) groups is 1. The van der Waals surface area contributed by atoms with Gasteiger partial charge in [0, 0.05) is 23.7 Å². The minimum Gasteiger partial charge on any atom is -0.461 e. The average Bonchev–Trinajstić information content (AvgIpc) is 3.37. The highest BCUT2D eigenvalue weighted by Crippen LogP contribution is 2.31. The third-order valence-electron chi connectivity index (χ3n) is 8.10. The fraction of sp³-hybridized carbons (Fsp3) is 0.400. The van der Waals surface area contributed by atoms with E-state index in [2.05, 4.69) is 10.3 Å². The first-order chi connectivity index (χ1) is 19.4. The van der Waals surface area contributed by atoms with Gasteiger partial charge in [-0.15, -0.1) is 0 Å². The van der Waals surface area contributed by atoms with Crippen LogP contribution < -0.4 is 16.6 Å². The van der Waals surface area contributed by atoms with Gasteiger partial charge in [0.1, 0.15) is 23.0 Å². The minimum absolute atomic E-state index is 0.0735. The summed E-state index contributed by atoms with van der Waals surface area (Å²) in [6, 6.07) is 12.1. The van der Waals surface area contributed by atoms with E-state index in [4.69, 9.17) is 4.42 Å². The molecule has 2 aliphatic rings. The van der Waals surface area contributed by atoms with E-state index in [1.165, 1.54) is 10.6 Å². The second-order valence-corrected chi connectivity index (χ2v) is 11.8. The fourth-order valence-electron chi connectivity index (χ4n) is 5.99. The van der Waals surface area contributed by atoms with Gasteiger partial charge in [0.2, 0.25) is 0 Å². The Morgan fingerprint density at radius 2 is 1.70 bits per heavy atom. The summed E-state index contributed by atoms with van der Waals surface area (Å²) in [4.78, 5) is 44.6. The number of aryl methyl sites for hydroxylation is 1. The average molecular weight is 563 g/mol. The van der Waals surface area contributed by atoms with E-state index in [0.717, 1.165) is 36.1 Å². The molecule has 1 aliphatic carbocycles. The Bertz CT molecular complexity index is 1670. The van der Waals surface area contributed by atoms with Crippen molar-refractivity contribution in [3.8, 4) is 11.3 Å². The largest absolute Gasteiger partial charge is 0.461 e. The lowest BCUT2D eigenvalue weighted by molar-refractivity contribution is 0.0920. The van der Waals surface area contributed by atoms with Crippen molar-refractivity contribution >= 4 is 28.7 Å². The van der Waals surface area contributed by atoms with Crippen molar-refractivity contribution in [2.24, 2.45) is 0 Å². The van der Waals surface area contributed by atoms with Gasteiger partial charge in [-0.05, 0) is 69.1 Å². The Morgan fingerprint density at radius 3 is 2.42 bits per heavy atom. The van der Waals surface area contributed by atoms with Crippen LogP contribution in [-0.2, 0) is 0 Å². The van der Waals surface area contributed by atoms with Gasteiger partial charge in [0.05, 0.1) is 17.1 Å². The van der Waals surface area contributed by atoms with E-state index in [9.17, 15) is 18.8 Å². The second-order valence-electron chi connectivity index (χ2n) is 10.6. The summed E-state index contributed by atoms with van der Waals surface area (Å²) < 4.78 is 22.9. The lowest BCUT2D eigenvalue weighted by atomic mass is 9.90. The molecule has 0 unspecified atom stereocenters. The molecule has 8 nitrogen and oxygen atoms in total. The zero-order valence-electron chi connectivity index (χ0n) is 22.3. The molecule has 40 heavy (non-hydrogen) atoms. The quantitative estimate of drug-likeness (QED) is 0.357. The van der Waals surface area contributed by atoms with E-state index >= 15 is 0 Å². The Kier molecular flexibility index (Phi) is 7.35. The third kappa shape index (κ3) is 5.00. The monoisotopic (exact) mass is 562 g/mol. The van der Waals surface area contributed by atoms with Crippen LogP contribution in [0.25, 0.3) is 22.4 Å². The highest BCUT2D eigenvalue weighted by Gasteiger charge is 2.30. The molecular formula is C30H31FN4O4S. The van der Waals surface area contributed by atoms with E-state index < -0.39 is 11.4 Å². The van der Waals surface area contributed by atoms with Crippen molar-refractivity contribution < 1.29 is 13.6 Å². The topological polar surface area (TPSA) is 99.1 Å². The molecule has 208 valence electrons. The first kappa shape index (κ1) is 26.6. The van der Waals surface area contributed by atoms with Crippen LogP contribution >= 0.6 is 11.8 Å². The maximum Gasteiger partial charge on any atom is 0.333 e. The molecule has 0 radical (unpaired) electrons. The van der Waals surface area contributed by atoms with Gasteiger partial charge in [-0.2, -0.15) is 11.8 Å². The number of pyridine rings is 1. The first-order valence-corrected chi connectivity index (χ1v) is 14.9. The number of fused-ring (bicyclic) bond motifs is 1. The van der Waals surface area contributed by atoms with Crippen LogP contribution in [0.3, 0.4) is 0 Å². The number of halogens is 1. The van der Waals surface area contributed by atoms with Gasteiger partial charge >= 0.3 is 5.69 Å². The van der Waals surface area contributed by atoms with E-state index in [1.54, 1.807) is 17.6 Å². The van der Waals surface area contributed by atoms with Crippen molar-refractivity contribution in [3.63, 3.8) is 0 Å². The zero-order chi connectivity index (χ0) is 27.8. The van der Waals surface area contributed by atoms with Gasteiger partial charge < -0.3 is 9.73 Å². The number of carbonyl (C=O) groups excluding carboxylic acids is 1. The molecule has 1 amide bonds. The number of benzene rings is 1. The molecule has 1 saturated heterocycles. The van der Waals surface area contributed by atoms with Crippen molar-refractivity contribution in [2.45, 2.75) is 63.6 Å². The van der Waals surface area contributed by atoms with Gasteiger partial charge in [0.25, 0.3) is 11.5 Å². The van der Waals surface area contributed by atoms with Crippen molar-refractivity contribution in [1.82, 2.24) is 19.4 Å². The lowest BCUT2D eigenvalue weighted by Gasteiger charge is -2.31. The van der Waals surface area contributed by atoms with E-state index in [1.807, 2.05) is 42.1 Å². The fourth-order valence-corrected chi connectivity index (χ4v) is 7.07. The van der Waals surface area contributed by atoms with Gasteiger partial charge in [-0.25, -0.2) is 14.2 Å². The van der Waals surface area contributed by atoms with E-state index in [-0.39, 0.29) is 40.8 Å².